The summed E-state index contributed by atoms with van der Waals surface area (Å²) in [4.78, 5) is 21.1. The van der Waals surface area contributed by atoms with Crippen molar-refractivity contribution in [3.63, 3.8) is 0 Å². The van der Waals surface area contributed by atoms with Gasteiger partial charge >= 0.3 is 0 Å². The van der Waals surface area contributed by atoms with Crippen LogP contribution in [0.15, 0.2) is 4.99 Å². The Labute approximate surface area is 148 Å². The van der Waals surface area contributed by atoms with Crippen molar-refractivity contribution >= 4 is 11.9 Å². The van der Waals surface area contributed by atoms with Crippen LogP contribution in [0.1, 0.15) is 41.0 Å². The second-order valence-electron chi connectivity index (χ2n) is 7.57. The van der Waals surface area contributed by atoms with E-state index in [9.17, 15) is 4.79 Å². The molecular weight excluding hydrogens is 302 g/mol. The first-order valence-corrected chi connectivity index (χ1v) is 9.28. The van der Waals surface area contributed by atoms with Crippen LogP contribution in [-0.4, -0.2) is 74.5 Å². The summed E-state index contributed by atoms with van der Waals surface area (Å²) in [5, 5.41) is 6.33. The van der Waals surface area contributed by atoms with Gasteiger partial charge in [0.2, 0.25) is 5.91 Å². The van der Waals surface area contributed by atoms with Crippen molar-refractivity contribution in [3.8, 4) is 0 Å². The molecular formula is C18H37N5O. The van der Waals surface area contributed by atoms with E-state index in [0.717, 1.165) is 32.1 Å². The lowest BCUT2D eigenvalue weighted by Gasteiger charge is -2.24. The van der Waals surface area contributed by atoms with Crippen LogP contribution in [0, 0.1) is 11.3 Å². The molecule has 1 atom stereocenters. The minimum Gasteiger partial charge on any atom is -0.354 e. The van der Waals surface area contributed by atoms with Crippen molar-refractivity contribution in [3.05, 3.63) is 0 Å². The highest BCUT2D eigenvalue weighted by Crippen LogP contribution is 2.17. The molecule has 140 valence electrons. The minimum absolute atomic E-state index is 0.0831. The smallest absolute Gasteiger partial charge is 0.225 e. The molecule has 1 unspecified atom stereocenters. The lowest BCUT2D eigenvalue weighted by atomic mass is 9.96. The van der Waals surface area contributed by atoms with E-state index in [1.54, 1.807) is 0 Å². The highest BCUT2D eigenvalue weighted by Gasteiger charge is 2.26. The summed E-state index contributed by atoms with van der Waals surface area (Å²) in [5.41, 5.74) is -0.339. The molecule has 1 heterocycles. The number of carbonyl (C=O) groups is 1. The summed E-state index contributed by atoms with van der Waals surface area (Å²) < 4.78 is 0. The predicted octanol–water partition coefficient (Wildman–Crippen LogP) is 1.39. The van der Waals surface area contributed by atoms with Gasteiger partial charge in [0.25, 0.3) is 0 Å². The molecule has 6 heteroatoms. The zero-order chi connectivity index (χ0) is 18.2. The fourth-order valence-electron chi connectivity index (χ4n) is 2.97. The molecule has 1 amide bonds. The summed E-state index contributed by atoms with van der Waals surface area (Å²) in [5.74, 6) is 1.74. The van der Waals surface area contributed by atoms with Gasteiger partial charge in [-0.2, -0.15) is 0 Å². The quantitative estimate of drug-likeness (QED) is 0.418. The molecule has 0 bridgehead atoms. The van der Waals surface area contributed by atoms with E-state index in [0.29, 0.717) is 19.0 Å². The molecule has 1 fully saturated rings. The van der Waals surface area contributed by atoms with E-state index in [-0.39, 0.29) is 11.3 Å². The fourth-order valence-corrected chi connectivity index (χ4v) is 2.97. The maximum absolute atomic E-state index is 11.9. The van der Waals surface area contributed by atoms with E-state index in [2.05, 4.69) is 39.3 Å². The summed E-state index contributed by atoms with van der Waals surface area (Å²) in [6.07, 6.45) is 1.22. The van der Waals surface area contributed by atoms with Crippen molar-refractivity contribution in [1.29, 1.82) is 0 Å². The van der Waals surface area contributed by atoms with Crippen LogP contribution >= 0.6 is 0 Å². The lowest BCUT2D eigenvalue weighted by molar-refractivity contribution is -0.128. The van der Waals surface area contributed by atoms with Gasteiger partial charge in [-0.3, -0.25) is 9.79 Å². The van der Waals surface area contributed by atoms with E-state index >= 15 is 0 Å². The molecule has 0 spiro atoms. The third-order valence-corrected chi connectivity index (χ3v) is 4.58. The number of likely N-dealkylation sites (tertiary alicyclic amines) is 1. The molecule has 1 rings (SSSR count). The summed E-state index contributed by atoms with van der Waals surface area (Å²) in [6.45, 7) is 17.1. The van der Waals surface area contributed by atoms with E-state index in [1.165, 1.54) is 13.0 Å². The van der Waals surface area contributed by atoms with E-state index < -0.39 is 0 Å². The number of hydrogen-bond acceptors (Lipinski definition) is 3. The minimum atomic E-state index is -0.339. The van der Waals surface area contributed by atoms with Gasteiger partial charge in [-0.25, -0.2) is 0 Å². The maximum Gasteiger partial charge on any atom is 0.225 e. The SMILES string of the molecule is CCN(CC)CC1CCN(C(=NC)NCCNC(=O)C(C)(C)C)C1. The topological polar surface area (TPSA) is 60.0 Å². The molecule has 0 aromatic heterocycles. The number of hydrogen-bond donors (Lipinski definition) is 2. The molecule has 1 aliphatic heterocycles. The van der Waals surface area contributed by atoms with Crippen LogP contribution in [0.5, 0.6) is 0 Å². The summed E-state index contributed by atoms with van der Waals surface area (Å²) in [6, 6.07) is 0. The number of aliphatic imine (C=N–C) groups is 1. The van der Waals surface area contributed by atoms with Crippen molar-refractivity contribution in [2.24, 2.45) is 16.3 Å². The van der Waals surface area contributed by atoms with Crippen LogP contribution in [0.3, 0.4) is 0 Å². The maximum atomic E-state index is 11.9. The number of amides is 1. The van der Waals surface area contributed by atoms with Crippen LogP contribution in [0.25, 0.3) is 0 Å². The van der Waals surface area contributed by atoms with Crippen LogP contribution in [0.4, 0.5) is 0 Å². The summed E-state index contributed by atoms with van der Waals surface area (Å²) >= 11 is 0. The highest BCUT2D eigenvalue weighted by atomic mass is 16.2. The van der Waals surface area contributed by atoms with Crippen LogP contribution in [-0.2, 0) is 4.79 Å². The molecule has 0 saturated carbocycles. The molecule has 0 radical (unpaired) electrons. The highest BCUT2D eigenvalue weighted by molar-refractivity contribution is 5.82. The molecule has 24 heavy (non-hydrogen) atoms. The Kier molecular flexibility index (Phi) is 8.53. The molecule has 6 nitrogen and oxygen atoms in total. The van der Waals surface area contributed by atoms with Gasteiger partial charge in [-0.15, -0.1) is 0 Å². The van der Waals surface area contributed by atoms with Gasteiger partial charge in [-0.1, -0.05) is 34.6 Å². The van der Waals surface area contributed by atoms with Gasteiger partial charge in [-0.05, 0) is 25.4 Å². The third kappa shape index (κ3) is 6.67. The first-order valence-electron chi connectivity index (χ1n) is 9.28. The second-order valence-corrected chi connectivity index (χ2v) is 7.57. The Morgan fingerprint density at radius 3 is 2.38 bits per heavy atom. The fraction of sp³-hybridized carbons (Fsp3) is 0.889. The second kappa shape index (κ2) is 9.87. The normalized spacial score (nSPS) is 19.0. The van der Waals surface area contributed by atoms with Gasteiger partial charge in [0.05, 0.1) is 0 Å². The van der Waals surface area contributed by atoms with Crippen molar-refractivity contribution in [2.75, 3.05) is 52.9 Å². The Morgan fingerprint density at radius 1 is 1.21 bits per heavy atom. The Morgan fingerprint density at radius 2 is 1.83 bits per heavy atom. The first kappa shape index (κ1) is 20.7. The Balaban J connectivity index is 2.34. The monoisotopic (exact) mass is 339 g/mol. The largest absolute Gasteiger partial charge is 0.354 e. The predicted molar refractivity (Wildman–Crippen MR) is 101 cm³/mol. The number of nitrogens with one attached hydrogen (secondary N) is 2. The number of guanidine groups is 1. The van der Waals surface area contributed by atoms with E-state index in [1.807, 2.05) is 27.8 Å². The zero-order valence-corrected chi connectivity index (χ0v) is 16.5. The molecule has 2 N–H and O–H groups in total. The summed E-state index contributed by atoms with van der Waals surface area (Å²) in [7, 11) is 1.83. The number of nitrogens with zero attached hydrogens (tertiary/aromatic N) is 3. The third-order valence-electron chi connectivity index (χ3n) is 4.58. The molecule has 0 aromatic rings. The standard InChI is InChI=1S/C18H37N5O/c1-7-22(8-2)13-15-9-12-23(14-15)17(19-6)21-11-10-20-16(24)18(3,4)5/h15H,7-14H2,1-6H3,(H,19,21)(H,20,24). The van der Waals surface area contributed by atoms with Crippen LogP contribution < -0.4 is 10.6 Å². The van der Waals surface area contributed by atoms with Crippen molar-refractivity contribution in [1.82, 2.24) is 20.4 Å². The van der Waals surface area contributed by atoms with Gasteiger partial charge in [0, 0.05) is 45.2 Å². The molecule has 0 aliphatic carbocycles. The Bertz CT molecular complexity index is 412. The van der Waals surface area contributed by atoms with Crippen molar-refractivity contribution in [2.45, 2.75) is 41.0 Å². The van der Waals surface area contributed by atoms with Gasteiger partial charge in [0.1, 0.15) is 0 Å². The van der Waals surface area contributed by atoms with Crippen LogP contribution in [0.2, 0.25) is 0 Å². The zero-order valence-electron chi connectivity index (χ0n) is 16.5. The number of rotatable bonds is 7. The Hall–Kier alpha value is -1.30. The first-order chi connectivity index (χ1) is 11.3. The molecule has 1 saturated heterocycles. The molecule has 1 aliphatic rings. The average Bonchev–Trinajstić information content (AvgIpc) is 2.99. The van der Waals surface area contributed by atoms with Crippen molar-refractivity contribution < 1.29 is 4.79 Å². The van der Waals surface area contributed by atoms with E-state index in [4.69, 9.17) is 0 Å². The average molecular weight is 340 g/mol. The van der Waals surface area contributed by atoms with Gasteiger partial charge in [0.15, 0.2) is 5.96 Å². The number of carbonyl (C=O) groups excluding carboxylic acids is 1. The van der Waals surface area contributed by atoms with Gasteiger partial charge < -0.3 is 20.4 Å². The lowest BCUT2D eigenvalue weighted by Crippen LogP contribution is -2.45. The molecule has 0 aromatic carbocycles.